The van der Waals surface area contributed by atoms with Gasteiger partial charge in [-0.05, 0) is 43.7 Å². The Balaban J connectivity index is 1.51. The third kappa shape index (κ3) is 5.70. The van der Waals surface area contributed by atoms with Crippen molar-refractivity contribution in [3.8, 4) is 22.5 Å². The summed E-state index contributed by atoms with van der Waals surface area (Å²) in [6, 6.07) is 17.7. The molecule has 37 heavy (non-hydrogen) atoms. The van der Waals surface area contributed by atoms with Crippen LogP contribution in [-0.4, -0.2) is 53.6 Å². The van der Waals surface area contributed by atoms with E-state index in [1.807, 2.05) is 92.0 Å². The molecule has 0 aliphatic carbocycles. The molecular weight excluding hydrogens is 506 g/mol. The number of aryl methyl sites for hydroxylation is 1. The van der Waals surface area contributed by atoms with Gasteiger partial charge in [0.25, 0.3) is 0 Å². The van der Waals surface area contributed by atoms with Crippen molar-refractivity contribution in [1.29, 1.82) is 0 Å². The Kier molecular flexibility index (Phi) is 8.30. The molecule has 0 bridgehead atoms. The first-order valence-electron chi connectivity index (χ1n) is 11.7. The monoisotopic (exact) mass is 535 g/mol. The summed E-state index contributed by atoms with van der Waals surface area (Å²) in [5.41, 5.74) is 4.10. The van der Waals surface area contributed by atoms with Gasteiger partial charge < -0.3 is 19.5 Å². The van der Waals surface area contributed by atoms with Crippen LogP contribution in [0.4, 0.5) is 10.7 Å². The van der Waals surface area contributed by atoms with Gasteiger partial charge in [-0.25, -0.2) is 4.79 Å². The van der Waals surface area contributed by atoms with Crippen LogP contribution in [0, 0.1) is 6.92 Å². The van der Waals surface area contributed by atoms with Gasteiger partial charge in [-0.3, -0.25) is 4.79 Å². The normalized spacial score (nSPS) is 10.8. The number of thioether (sulfide) groups is 1. The molecule has 1 N–H and O–H groups in total. The fourth-order valence-corrected chi connectivity index (χ4v) is 5.86. The van der Waals surface area contributed by atoms with Crippen molar-refractivity contribution in [2.45, 2.75) is 25.5 Å². The van der Waals surface area contributed by atoms with Crippen LogP contribution < -0.4 is 10.2 Å². The number of thiophene rings is 1. The summed E-state index contributed by atoms with van der Waals surface area (Å²) in [5.74, 6) is 0.154. The standard InChI is InChI=1S/C27H29N5O3S2/c1-6-32-24(19-12-14-20(15-13-19)31(3)4)29-30-27(32)36-16-21(33)28-25-23(26(34)35-5)22(17(2)37-25)18-10-8-7-9-11-18/h7-15H,6,16H2,1-5H3,(H,28,33). The van der Waals surface area contributed by atoms with Crippen molar-refractivity contribution in [2.24, 2.45) is 0 Å². The van der Waals surface area contributed by atoms with E-state index in [-0.39, 0.29) is 11.7 Å². The highest BCUT2D eigenvalue weighted by Gasteiger charge is 2.25. The molecule has 0 radical (unpaired) electrons. The van der Waals surface area contributed by atoms with Gasteiger partial charge in [0.1, 0.15) is 10.6 Å². The molecule has 8 nitrogen and oxygen atoms in total. The van der Waals surface area contributed by atoms with E-state index in [1.54, 1.807) is 0 Å². The SMILES string of the molecule is CCn1c(SCC(=O)Nc2sc(C)c(-c3ccccc3)c2C(=O)OC)nnc1-c1ccc(N(C)C)cc1. The molecule has 2 heterocycles. The lowest BCUT2D eigenvalue weighted by Crippen LogP contribution is -2.16. The Hall–Kier alpha value is -3.63. The van der Waals surface area contributed by atoms with Crippen molar-refractivity contribution in [3.05, 3.63) is 65.0 Å². The number of hydrogen-bond donors (Lipinski definition) is 1. The van der Waals surface area contributed by atoms with Crippen LogP contribution in [0.1, 0.15) is 22.2 Å². The summed E-state index contributed by atoms with van der Waals surface area (Å²) >= 11 is 2.67. The molecule has 0 aliphatic heterocycles. The summed E-state index contributed by atoms with van der Waals surface area (Å²) in [6.45, 7) is 4.62. The molecule has 192 valence electrons. The second kappa shape index (κ2) is 11.6. The highest BCUT2D eigenvalue weighted by molar-refractivity contribution is 7.99. The molecule has 0 unspecified atom stereocenters. The van der Waals surface area contributed by atoms with Crippen LogP contribution in [0.15, 0.2) is 59.8 Å². The molecule has 0 saturated heterocycles. The van der Waals surface area contributed by atoms with E-state index < -0.39 is 5.97 Å². The predicted molar refractivity (Wildman–Crippen MR) is 151 cm³/mol. The number of carbonyl (C=O) groups is 2. The smallest absolute Gasteiger partial charge is 0.341 e. The van der Waals surface area contributed by atoms with E-state index in [4.69, 9.17) is 4.74 Å². The first-order chi connectivity index (χ1) is 17.8. The van der Waals surface area contributed by atoms with E-state index in [0.29, 0.717) is 22.3 Å². The number of anilines is 2. The number of aromatic nitrogens is 3. The zero-order chi connectivity index (χ0) is 26.5. The van der Waals surface area contributed by atoms with Gasteiger partial charge >= 0.3 is 5.97 Å². The molecule has 0 spiro atoms. The maximum absolute atomic E-state index is 12.9. The third-order valence-electron chi connectivity index (χ3n) is 5.80. The van der Waals surface area contributed by atoms with Crippen molar-refractivity contribution in [2.75, 3.05) is 37.2 Å². The molecule has 0 fully saturated rings. The number of rotatable bonds is 9. The number of methoxy groups -OCH3 is 1. The quantitative estimate of drug-likeness (QED) is 0.221. The zero-order valence-corrected chi connectivity index (χ0v) is 23.1. The van der Waals surface area contributed by atoms with Gasteiger partial charge in [-0.1, -0.05) is 42.1 Å². The number of nitrogens with one attached hydrogen (secondary N) is 1. The zero-order valence-electron chi connectivity index (χ0n) is 21.4. The van der Waals surface area contributed by atoms with Crippen LogP contribution in [0.5, 0.6) is 0 Å². The summed E-state index contributed by atoms with van der Waals surface area (Å²) in [7, 11) is 5.34. The van der Waals surface area contributed by atoms with E-state index in [9.17, 15) is 9.59 Å². The van der Waals surface area contributed by atoms with Crippen LogP contribution in [-0.2, 0) is 16.1 Å². The van der Waals surface area contributed by atoms with Crippen molar-refractivity contribution < 1.29 is 14.3 Å². The minimum atomic E-state index is -0.484. The van der Waals surface area contributed by atoms with Gasteiger partial charge in [-0.15, -0.1) is 21.5 Å². The van der Waals surface area contributed by atoms with E-state index in [1.165, 1.54) is 30.2 Å². The fourth-order valence-electron chi connectivity index (χ4n) is 3.98. The molecular formula is C27H29N5O3S2. The Morgan fingerprint density at radius 2 is 1.76 bits per heavy atom. The fraction of sp³-hybridized carbons (Fsp3) is 0.259. The number of esters is 1. The number of carbonyl (C=O) groups excluding carboxylic acids is 2. The van der Waals surface area contributed by atoms with Crippen LogP contribution in [0.2, 0.25) is 0 Å². The number of hydrogen-bond acceptors (Lipinski definition) is 8. The first kappa shape index (κ1) is 26.4. The lowest BCUT2D eigenvalue weighted by molar-refractivity contribution is -0.113. The topological polar surface area (TPSA) is 89.3 Å². The molecule has 0 atom stereocenters. The molecule has 4 rings (SSSR count). The maximum Gasteiger partial charge on any atom is 0.341 e. The molecule has 2 aromatic heterocycles. The molecule has 1 amide bonds. The molecule has 4 aromatic rings. The van der Waals surface area contributed by atoms with Gasteiger partial charge in [0.2, 0.25) is 5.91 Å². The Bertz CT molecular complexity index is 1400. The Morgan fingerprint density at radius 1 is 1.05 bits per heavy atom. The number of benzene rings is 2. The number of nitrogens with zero attached hydrogens (tertiary/aromatic N) is 4. The van der Waals surface area contributed by atoms with Crippen molar-refractivity contribution in [1.82, 2.24) is 14.8 Å². The van der Waals surface area contributed by atoms with Gasteiger partial charge in [0.15, 0.2) is 11.0 Å². The second-order valence-electron chi connectivity index (χ2n) is 8.42. The largest absolute Gasteiger partial charge is 0.465 e. The highest BCUT2D eigenvalue weighted by Crippen LogP contribution is 2.40. The Morgan fingerprint density at radius 3 is 2.38 bits per heavy atom. The average molecular weight is 536 g/mol. The van der Waals surface area contributed by atoms with Crippen molar-refractivity contribution in [3.63, 3.8) is 0 Å². The number of amides is 1. The van der Waals surface area contributed by atoms with Crippen molar-refractivity contribution >= 4 is 45.7 Å². The highest BCUT2D eigenvalue weighted by atomic mass is 32.2. The Labute approximate surface area is 224 Å². The van der Waals surface area contributed by atoms with Crippen LogP contribution in [0.3, 0.4) is 0 Å². The molecule has 0 saturated carbocycles. The van der Waals surface area contributed by atoms with E-state index >= 15 is 0 Å². The lowest BCUT2D eigenvalue weighted by atomic mass is 10.0. The summed E-state index contributed by atoms with van der Waals surface area (Å²) < 4.78 is 7.04. The van der Waals surface area contributed by atoms with Gasteiger partial charge in [-0.2, -0.15) is 0 Å². The molecule has 2 aromatic carbocycles. The van der Waals surface area contributed by atoms with Crippen LogP contribution in [0.25, 0.3) is 22.5 Å². The predicted octanol–water partition coefficient (Wildman–Crippen LogP) is 5.59. The van der Waals surface area contributed by atoms with Gasteiger partial charge in [0, 0.05) is 42.3 Å². The average Bonchev–Trinajstić information content (AvgIpc) is 3.47. The summed E-state index contributed by atoms with van der Waals surface area (Å²) in [5, 5.41) is 12.8. The third-order valence-corrected chi connectivity index (χ3v) is 7.78. The second-order valence-corrected chi connectivity index (χ2v) is 10.6. The summed E-state index contributed by atoms with van der Waals surface area (Å²) in [6.07, 6.45) is 0. The minimum Gasteiger partial charge on any atom is -0.465 e. The molecule has 10 heteroatoms. The maximum atomic E-state index is 12.9. The first-order valence-corrected chi connectivity index (χ1v) is 13.5. The molecule has 0 aliphatic rings. The minimum absolute atomic E-state index is 0.121. The van der Waals surface area contributed by atoms with E-state index in [2.05, 4.69) is 15.5 Å². The summed E-state index contributed by atoms with van der Waals surface area (Å²) in [4.78, 5) is 28.6. The van der Waals surface area contributed by atoms with Gasteiger partial charge in [0.05, 0.1) is 12.9 Å². The van der Waals surface area contributed by atoms with Crippen LogP contribution >= 0.6 is 23.1 Å². The number of ether oxygens (including phenoxy) is 1. The lowest BCUT2D eigenvalue weighted by Gasteiger charge is -2.13. The van der Waals surface area contributed by atoms with E-state index in [0.717, 1.165) is 33.1 Å².